The van der Waals surface area contributed by atoms with Crippen LogP contribution < -0.4 is 0 Å². The van der Waals surface area contributed by atoms with Gasteiger partial charge in [-0.15, -0.1) is 0 Å². The SMILES string of the molecule is CC12c3ccc4c(c3)-c3ccccc3C43c4ccccc4-c4ccc(cc43)C(c3ccc(-c4ccccc4)cc3)CCc3ccc(c1c3)-c1ccc(Br)cc12. The van der Waals surface area contributed by atoms with Crippen molar-refractivity contribution in [1.82, 2.24) is 0 Å². The van der Waals surface area contributed by atoms with Gasteiger partial charge in [-0.3, -0.25) is 0 Å². The van der Waals surface area contributed by atoms with E-state index in [0.29, 0.717) is 0 Å². The molecule has 0 saturated carbocycles. The lowest BCUT2D eigenvalue weighted by Crippen LogP contribution is -2.27. The Morgan fingerprint density at radius 2 is 1.02 bits per heavy atom. The average Bonchev–Trinajstić information content (AvgIpc) is 3.80. The monoisotopic (exact) mass is 764 g/mol. The lowest BCUT2D eigenvalue weighted by atomic mass is 9.69. The lowest BCUT2D eigenvalue weighted by Gasteiger charge is -2.32. The molecule has 0 aliphatic heterocycles. The van der Waals surface area contributed by atoms with E-state index in [0.717, 1.165) is 17.3 Å². The van der Waals surface area contributed by atoms with Crippen LogP contribution in [0.1, 0.15) is 74.9 Å². The summed E-state index contributed by atoms with van der Waals surface area (Å²) in [5.41, 5.74) is 23.8. The van der Waals surface area contributed by atoms with Gasteiger partial charge in [-0.25, -0.2) is 0 Å². The van der Waals surface area contributed by atoms with Crippen LogP contribution >= 0.6 is 15.9 Å². The van der Waals surface area contributed by atoms with Crippen LogP contribution in [0.2, 0.25) is 0 Å². The molecule has 0 aromatic heterocycles. The Hall–Kier alpha value is -5.76. The molecular weight excluding hydrogens is 728 g/mol. The molecule has 3 atom stereocenters. The maximum atomic E-state index is 3.87. The van der Waals surface area contributed by atoms with E-state index in [1.807, 2.05) is 0 Å². The summed E-state index contributed by atoms with van der Waals surface area (Å²) in [6, 6.07) is 67.8. The average molecular weight is 766 g/mol. The Kier molecular flexibility index (Phi) is 6.54. The van der Waals surface area contributed by atoms with Crippen molar-refractivity contribution in [2.45, 2.75) is 36.5 Å². The Labute approximate surface area is 331 Å². The zero-order chi connectivity index (χ0) is 36.5. The van der Waals surface area contributed by atoms with Crippen LogP contribution in [0.3, 0.4) is 0 Å². The van der Waals surface area contributed by atoms with Crippen molar-refractivity contribution in [3.8, 4) is 44.5 Å². The third kappa shape index (κ3) is 4.17. The molecule has 0 amide bonds. The normalized spacial score (nSPS) is 20.4. The molecule has 1 heteroatoms. The van der Waals surface area contributed by atoms with Gasteiger partial charge in [0.25, 0.3) is 0 Å². The fourth-order valence-corrected chi connectivity index (χ4v) is 11.4. The molecule has 0 nitrogen and oxygen atoms in total. The molecule has 8 bridgehead atoms. The Morgan fingerprint density at radius 1 is 0.436 bits per heavy atom. The summed E-state index contributed by atoms with van der Waals surface area (Å²) in [5.74, 6) is 0.228. The first-order valence-electron chi connectivity index (χ1n) is 19.6. The molecule has 0 heterocycles. The van der Waals surface area contributed by atoms with Crippen molar-refractivity contribution in [3.05, 3.63) is 236 Å². The minimum absolute atomic E-state index is 0.228. The molecule has 5 aliphatic rings. The van der Waals surface area contributed by atoms with Gasteiger partial charge in [0.2, 0.25) is 0 Å². The molecule has 0 radical (unpaired) electrons. The second kappa shape index (κ2) is 11.4. The van der Waals surface area contributed by atoms with Gasteiger partial charge in [0.05, 0.1) is 5.41 Å². The quantitative estimate of drug-likeness (QED) is 0.164. The Bertz CT molecular complexity index is 2900. The fourth-order valence-electron chi connectivity index (χ4n) is 11.1. The molecule has 8 aromatic rings. The summed E-state index contributed by atoms with van der Waals surface area (Å²) in [7, 11) is 0. The molecule has 13 rings (SSSR count). The predicted molar refractivity (Wildman–Crippen MR) is 230 cm³/mol. The van der Waals surface area contributed by atoms with Crippen LogP contribution in [0.15, 0.2) is 180 Å². The van der Waals surface area contributed by atoms with Crippen LogP contribution in [-0.2, 0) is 17.3 Å². The molecule has 0 saturated heterocycles. The van der Waals surface area contributed by atoms with E-state index < -0.39 is 5.41 Å². The van der Waals surface area contributed by atoms with Crippen LogP contribution in [0.25, 0.3) is 44.5 Å². The highest BCUT2D eigenvalue weighted by atomic mass is 79.9. The highest BCUT2D eigenvalue weighted by Crippen LogP contribution is 2.64. The molecule has 55 heavy (non-hydrogen) atoms. The van der Waals surface area contributed by atoms with Crippen LogP contribution in [-0.4, -0.2) is 0 Å². The number of aryl methyl sites for hydroxylation is 1. The first kappa shape index (κ1) is 31.6. The molecule has 0 fully saturated rings. The number of rotatable bonds is 2. The standard InChI is InChI=1S/C54H37Br/c1-53-38-22-28-49-46(31-38)42-12-6-8-14-48(42)54(49)47-13-7-5-11-41(47)45-26-21-37(30-52(45)54)40(36-19-17-35(18-20-36)34-9-3-2-4-10-34)24-15-33-16-25-43(50(53)29-33)44-27-23-39(55)32-51(44)53/h2-14,16-23,25-32,40H,15,24H2,1H3. The molecule has 3 unspecified atom stereocenters. The smallest absolute Gasteiger partial charge is 0.0622 e. The predicted octanol–water partition coefficient (Wildman–Crippen LogP) is 13.9. The van der Waals surface area contributed by atoms with E-state index in [1.165, 1.54) is 100 Å². The lowest BCUT2D eigenvalue weighted by molar-refractivity contribution is 0.699. The second-order valence-corrected chi connectivity index (χ2v) is 17.1. The minimum atomic E-state index is -0.394. The van der Waals surface area contributed by atoms with Crippen LogP contribution in [0.4, 0.5) is 0 Å². The molecule has 0 N–H and O–H groups in total. The zero-order valence-electron chi connectivity index (χ0n) is 30.6. The van der Waals surface area contributed by atoms with E-state index in [9.17, 15) is 0 Å². The van der Waals surface area contributed by atoms with E-state index in [2.05, 4.69) is 199 Å². The van der Waals surface area contributed by atoms with Gasteiger partial charge in [-0.05, 0) is 138 Å². The van der Waals surface area contributed by atoms with E-state index in [-0.39, 0.29) is 11.3 Å². The largest absolute Gasteiger partial charge is 0.0725 e. The van der Waals surface area contributed by atoms with Crippen LogP contribution in [0, 0.1) is 0 Å². The molecule has 5 aliphatic carbocycles. The third-order valence-corrected chi connectivity index (χ3v) is 14.2. The molecular formula is C54H37Br. The highest BCUT2D eigenvalue weighted by Gasteiger charge is 2.52. The van der Waals surface area contributed by atoms with Crippen LogP contribution in [0.5, 0.6) is 0 Å². The first-order chi connectivity index (χ1) is 27.0. The molecule has 1 spiro atoms. The second-order valence-electron chi connectivity index (χ2n) is 16.2. The van der Waals surface area contributed by atoms with Gasteiger partial charge in [0, 0.05) is 15.8 Å². The number of benzene rings is 8. The Balaban J connectivity index is 1.16. The van der Waals surface area contributed by atoms with Gasteiger partial charge in [-0.2, -0.15) is 0 Å². The van der Waals surface area contributed by atoms with E-state index in [1.54, 1.807) is 0 Å². The summed E-state index contributed by atoms with van der Waals surface area (Å²) < 4.78 is 1.12. The third-order valence-electron chi connectivity index (χ3n) is 13.7. The van der Waals surface area contributed by atoms with Gasteiger partial charge >= 0.3 is 0 Å². The summed E-state index contributed by atoms with van der Waals surface area (Å²) in [6.07, 6.45) is 2.01. The molecule has 260 valence electrons. The fraction of sp³-hybridized carbons (Fsp3) is 0.111. The van der Waals surface area contributed by atoms with Gasteiger partial charge in [0.15, 0.2) is 0 Å². The van der Waals surface area contributed by atoms with E-state index >= 15 is 0 Å². The maximum absolute atomic E-state index is 3.87. The van der Waals surface area contributed by atoms with Crippen molar-refractivity contribution in [2.75, 3.05) is 0 Å². The van der Waals surface area contributed by atoms with Crippen molar-refractivity contribution < 1.29 is 0 Å². The number of fused-ring (bicyclic) bond motifs is 8. The number of halogens is 1. The Morgan fingerprint density at radius 3 is 1.80 bits per heavy atom. The first-order valence-corrected chi connectivity index (χ1v) is 20.4. The topological polar surface area (TPSA) is 0 Å². The van der Waals surface area contributed by atoms with Gasteiger partial charge < -0.3 is 0 Å². The summed E-state index contributed by atoms with van der Waals surface area (Å²) in [4.78, 5) is 0. The number of hydrogen-bond donors (Lipinski definition) is 0. The summed E-state index contributed by atoms with van der Waals surface area (Å²) >= 11 is 3.87. The van der Waals surface area contributed by atoms with Crippen molar-refractivity contribution in [2.24, 2.45) is 0 Å². The maximum Gasteiger partial charge on any atom is 0.0725 e. The van der Waals surface area contributed by atoms with Crippen molar-refractivity contribution >= 4 is 15.9 Å². The zero-order valence-corrected chi connectivity index (χ0v) is 32.2. The summed E-state index contributed by atoms with van der Waals surface area (Å²) in [5, 5.41) is 0. The summed E-state index contributed by atoms with van der Waals surface area (Å²) in [6.45, 7) is 2.47. The van der Waals surface area contributed by atoms with Crippen molar-refractivity contribution in [1.29, 1.82) is 0 Å². The minimum Gasteiger partial charge on any atom is -0.0622 e. The van der Waals surface area contributed by atoms with Gasteiger partial charge in [0.1, 0.15) is 0 Å². The van der Waals surface area contributed by atoms with Gasteiger partial charge in [-0.1, -0.05) is 174 Å². The van der Waals surface area contributed by atoms with Crippen molar-refractivity contribution in [3.63, 3.8) is 0 Å². The molecule has 8 aromatic carbocycles. The highest BCUT2D eigenvalue weighted by molar-refractivity contribution is 9.10. The number of hydrogen-bond acceptors (Lipinski definition) is 0. The van der Waals surface area contributed by atoms with E-state index in [4.69, 9.17) is 0 Å².